The molecule has 0 aliphatic rings. The summed E-state index contributed by atoms with van der Waals surface area (Å²) in [6, 6.07) is 11.8. The molecule has 1 N–H and O–H groups in total. The van der Waals surface area contributed by atoms with E-state index in [-0.39, 0.29) is 18.4 Å². The zero-order chi connectivity index (χ0) is 16.1. The van der Waals surface area contributed by atoms with E-state index in [9.17, 15) is 9.59 Å². The molecule has 0 unspecified atom stereocenters. The van der Waals surface area contributed by atoms with Crippen molar-refractivity contribution in [3.8, 4) is 11.3 Å². The van der Waals surface area contributed by atoms with Gasteiger partial charge in [0, 0.05) is 18.5 Å². The smallest absolute Gasteiger partial charge is 0.303 e. The summed E-state index contributed by atoms with van der Waals surface area (Å²) in [6.45, 7) is 4.59. The second-order valence-electron chi connectivity index (χ2n) is 5.24. The van der Waals surface area contributed by atoms with E-state index < -0.39 is 5.97 Å². The molecule has 116 valence electrons. The van der Waals surface area contributed by atoms with Crippen LogP contribution in [-0.2, 0) is 24.2 Å². The van der Waals surface area contributed by atoms with Crippen LogP contribution in [0.25, 0.3) is 11.3 Å². The van der Waals surface area contributed by atoms with Gasteiger partial charge in [-0.05, 0) is 37.0 Å². The molecule has 0 radical (unpaired) electrons. The van der Waals surface area contributed by atoms with Crippen LogP contribution in [0.2, 0.25) is 0 Å². The Bertz CT molecular complexity index is 714. The lowest BCUT2D eigenvalue weighted by Crippen LogP contribution is -2.24. The van der Waals surface area contributed by atoms with Gasteiger partial charge in [-0.1, -0.05) is 37.3 Å². The Morgan fingerprint density at radius 1 is 1.09 bits per heavy atom. The van der Waals surface area contributed by atoms with Crippen LogP contribution in [-0.4, -0.2) is 15.6 Å². The second-order valence-corrected chi connectivity index (χ2v) is 5.24. The van der Waals surface area contributed by atoms with Crippen LogP contribution < -0.4 is 5.56 Å². The average molecular weight is 299 g/mol. The molecule has 0 spiro atoms. The molecule has 0 saturated carbocycles. The van der Waals surface area contributed by atoms with Gasteiger partial charge in [0.15, 0.2) is 0 Å². The standard InChI is InChI=1S/C18H21NO3/c1-3-13-5-7-14(8-6-13)16-11-9-15(10-12-17(20)21)18(22)19(16)4-2/h5-9,11H,3-4,10,12H2,1-2H3,(H,20,21). The fourth-order valence-electron chi connectivity index (χ4n) is 2.53. The van der Waals surface area contributed by atoms with Crippen LogP contribution in [0.4, 0.5) is 0 Å². The summed E-state index contributed by atoms with van der Waals surface area (Å²) in [6.07, 6.45) is 1.22. The molecule has 0 saturated heterocycles. The number of benzene rings is 1. The summed E-state index contributed by atoms with van der Waals surface area (Å²) < 4.78 is 1.71. The summed E-state index contributed by atoms with van der Waals surface area (Å²) in [4.78, 5) is 23.2. The number of nitrogens with zero attached hydrogens (tertiary/aromatic N) is 1. The molecule has 0 aliphatic heterocycles. The van der Waals surface area contributed by atoms with Crippen molar-refractivity contribution >= 4 is 5.97 Å². The third kappa shape index (κ3) is 3.45. The van der Waals surface area contributed by atoms with Crippen LogP contribution in [0.3, 0.4) is 0 Å². The van der Waals surface area contributed by atoms with Crippen LogP contribution >= 0.6 is 0 Å². The SMILES string of the molecule is CCc1ccc(-c2ccc(CCC(=O)O)c(=O)n2CC)cc1. The molecule has 2 rings (SSSR count). The normalized spacial score (nSPS) is 10.6. The van der Waals surface area contributed by atoms with E-state index in [1.165, 1.54) is 5.56 Å². The predicted octanol–water partition coefficient (Wildman–Crippen LogP) is 3.11. The molecule has 4 nitrogen and oxygen atoms in total. The summed E-state index contributed by atoms with van der Waals surface area (Å²) >= 11 is 0. The molecular weight excluding hydrogens is 278 g/mol. The first-order chi connectivity index (χ1) is 10.6. The number of hydrogen-bond donors (Lipinski definition) is 1. The second kappa shape index (κ2) is 7.07. The van der Waals surface area contributed by atoms with Gasteiger partial charge in [0.1, 0.15) is 0 Å². The van der Waals surface area contributed by atoms with E-state index >= 15 is 0 Å². The van der Waals surface area contributed by atoms with Crippen LogP contribution in [0.15, 0.2) is 41.2 Å². The Hall–Kier alpha value is -2.36. The van der Waals surface area contributed by atoms with E-state index in [0.717, 1.165) is 17.7 Å². The molecule has 1 aromatic carbocycles. The number of carboxylic acid groups (broad SMARTS) is 1. The molecule has 22 heavy (non-hydrogen) atoms. The van der Waals surface area contributed by atoms with Crippen molar-refractivity contribution in [2.45, 2.75) is 39.7 Å². The fraction of sp³-hybridized carbons (Fsp3) is 0.333. The Balaban J connectivity index is 2.41. The number of rotatable bonds is 6. The van der Waals surface area contributed by atoms with E-state index in [1.54, 1.807) is 10.6 Å². The van der Waals surface area contributed by atoms with Gasteiger partial charge in [-0.15, -0.1) is 0 Å². The van der Waals surface area contributed by atoms with Gasteiger partial charge in [0.2, 0.25) is 0 Å². The maximum absolute atomic E-state index is 12.5. The molecule has 0 atom stereocenters. The highest BCUT2D eigenvalue weighted by atomic mass is 16.4. The minimum atomic E-state index is -0.887. The third-order valence-electron chi connectivity index (χ3n) is 3.84. The minimum Gasteiger partial charge on any atom is -0.481 e. The van der Waals surface area contributed by atoms with Crippen molar-refractivity contribution in [3.63, 3.8) is 0 Å². The maximum atomic E-state index is 12.5. The van der Waals surface area contributed by atoms with E-state index in [4.69, 9.17) is 5.11 Å². The Morgan fingerprint density at radius 2 is 1.77 bits per heavy atom. The molecule has 1 heterocycles. The van der Waals surface area contributed by atoms with E-state index in [1.807, 2.05) is 25.1 Å². The van der Waals surface area contributed by atoms with Gasteiger partial charge in [-0.2, -0.15) is 0 Å². The summed E-state index contributed by atoms with van der Waals surface area (Å²) in [5.74, 6) is -0.887. The molecule has 0 amide bonds. The van der Waals surface area contributed by atoms with Crippen molar-refractivity contribution in [1.82, 2.24) is 4.57 Å². The van der Waals surface area contributed by atoms with Crippen molar-refractivity contribution in [3.05, 3.63) is 57.9 Å². The molecule has 1 aromatic heterocycles. The first-order valence-corrected chi connectivity index (χ1v) is 7.60. The zero-order valence-corrected chi connectivity index (χ0v) is 13.0. The van der Waals surface area contributed by atoms with Crippen LogP contribution in [0.5, 0.6) is 0 Å². The largest absolute Gasteiger partial charge is 0.481 e. The Labute approximate surface area is 130 Å². The molecule has 0 bridgehead atoms. The van der Waals surface area contributed by atoms with E-state index in [2.05, 4.69) is 19.1 Å². The average Bonchev–Trinajstić information content (AvgIpc) is 2.53. The number of carbonyl (C=O) groups is 1. The predicted molar refractivity (Wildman–Crippen MR) is 87.1 cm³/mol. The maximum Gasteiger partial charge on any atom is 0.303 e. The molecular formula is C18H21NO3. The third-order valence-corrected chi connectivity index (χ3v) is 3.84. The van der Waals surface area contributed by atoms with Gasteiger partial charge in [-0.25, -0.2) is 0 Å². The summed E-state index contributed by atoms with van der Waals surface area (Å²) in [7, 11) is 0. The number of aromatic nitrogens is 1. The Kier molecular flexibility index (Phi) is 5.15. The highest BCUT2D eigenvalue weighted by Crippen LogP contribution is 2.19. The highest BCUT2D eigenvalue weighted by Gasteiger charge is 2.10. The van der Waals surface area contributed by atoms with Crippen molar-refractivity contribution < 1.29 is 9.90 Å². The van der Waals surface area contributed by atoms with Crippen molar-refractivity contribution in [2.75, 3.05) is 0 Å². The zero-order valence-electron chi connectivity index (χ0n) is 13.0. The lowest BCUT2D eigenvalue weighted by atomic mass is 10.0. The lowest BCUT2D eigenvalue weighted by Gasteiger charge is -2.13. The minimum absolute atomic E-state index is 0.0243. The lowest BCUT2D eigenvalue weighted by molar-refractivity contribution is -0.136. The Morgan fingerprint density at radius 3 is 2.32 bits per heavy atom. The monoisotopic (exact) mass is 299 g/mol. The number of aryl methyl sites for hydroxylation is 2. The molecule has 2 aromatic rings. The van der Waals surface area contributed by atoms with Gasteiger partial charge in [-0.3, -0.25) is 9.59 Å². The highest BCUT2D eigenvalue weighted by molar-refractivity contribution is 5.67. The van der Waals surface area contributed by atoms with Crippen LogP contribution in [0, 0.1) is 0 Å². The van der Waals surface area contributed by atoms with Gasteiger partial charge < -0.3 is 9.67 Å². The van der Waals surface area contributed by atoms with Gasteiger partial charge in [0.25, 0.3) is 5.56 Å². The number of aliphatic carboxylic acids is 1. The first-order valence-electron chi connectivity index (χ1n) is 7.60. The van der Waals surface area contributed by atoms with Crippen molar-refractivity contribution in [2.24, 2.45) is 0 Å². The number of pyridine rings is 1. The molecule has 0 aliphatic carbocycles. The van der Waals surface area contributed by atoms with Crippen LogP contribution in [0.1, 0.15) is 31.4 Å². The summed E-state index contributed by atoms with van der Waals surface area (Å²) in [5.41, 5.74) is 3.58. The molecule has 4 heteroatoms. The number of hydrogen-bond acceptors (Lipinski definition) is 2. The molecule has 0 fully saturated rings. The first kappa shape index (κ1) is 16.0. The van der Waals surface area contributed by atoms with Gasteiger partial charge >= 0.3 is 5.97 Å². The van der Waals surface area contributed by atoms with Crippen molar-refractivity contribution in [1.29, 1.82) is 0 Å². The van der Waals surface area contributed by atoms with E-state index in [0.29, 0.717) is 12.1 Å². The number of carboxylic acids is 1. The quantitative estimate of drug-likeness (QED) is 0.891. The topological polar surface area (TPSA) is 59.3 Å². The van der Waals surface area contributed by atoms with Gasteiger partial charge in [0.05, 0.1) is 5.69 Å². The summed E-state index contributed by atoms with van der Waals surface area (Å²) in [5, 5.41) is 8.77. The fourth-order valence-corrected chi connectivity index (χ4v) is 2.53.